The predicted molar refractivity (Wildman–Crippen MR) is 237 cm³/mol. The summed E-state index contributed by atoms with van der Waals surface area (Å²) in [6.07, 6.45) is 0. The molecule has 0 aliphatic heterocycles. The summed E-state index contributed by atoms with van der Waals surface area (Å²) in [5.74, 6) is 0. The van der Waals surface area contributed by atoms with E-state index >= 15 is 0 Å². The number of nitrogens with zero attached hydrogens (tertiary/aromatic N) is 1. The van der Waals surface area contributed by atoms with Gasteiger partial charge in [-0.1, -0.05) is 146 Å². The van der Waals surface area contributed by atoms with E-state index in [-0.39, 0.29) is 0 Å². The Morgan fingerprint density at radius 2 is 0.772 bits per heavy atom. The topological polar surface area (TPSA) is 29.5 Å². The lowest BCUT2D eigenvalue weighted by Gasteiger charge is -2.26. The molecule has 0 unspecified atom stereocenters. The van der Waals surface area contributed by atoms with Crippen LogP contribution in [0.3, 0.4) is 0 Å². The predicted octanol–water partition coefficient (Wildman–Crippen LogP) is 15.6. The average molecular weight is 730 g/mol. The third-order valence-corrected chi connectivity index (χ3v) is 11.1. The second kappa shape index (κ2) is 13.6. The summed E-state index contributed by atoms with van der Waals surface area (Å²) in [4.78, 5) is 2.33. The van der Waals surface area contributed by atoms with E-state index in [1.807, 2.05) is 18.2 Å². The van der Waals surface area contributed by atoms with Gasteiger partial charge < -0.3 is 13.7 Å². The summed E-state index contributed by atoms with van der Waals surface area (Å²) in [6.45, 7) is 0. The highest BCUT2D eigenvalue weighted by atomic mass is 16.3. The van der Waals surface area contributed by atoms with Crippen molar-refractivity contribution < 1.29 is 8.83 Å². The highest BCUT2D eigenvalue weighted by Crippen LogP contribution is 2.45. The largest absolute Gasteiger partial charge is 0.456 e. The number of hydrogen-bond acceptors (Lipinski definition) is 3. The fraction of sp³-hybridized carbons (Fsp3) is 0. The van der Waals surface area contributed by atoms with Crippen LogP contribution in [0, 0.1) is 0 Å². The number of furan rings is 2. The smallest absolute Gasteiger partial charge is 0.143 e. The maximum Gasteiger partial charge on any atom is 0.143 e. The lowest BCUT2D eigenvalue weighted by Crippen LogP contribution is -2.10. The third-order valence-electron chi connectivity index (χ3n) is 11.1. The first-order chi connectivity index (χ1) is 28.2. The Kier molecular flexibility index (Phi) is 7.82. The van der Waals surface area contributed by atoms with Gasteiger partial charge in [0, 0.05) is 44.2 Å². The summed E-state index contributed by atoms with van der Waals surface area (Å²) in [5, 5.41) is 4.42. The van der Waals surface area contributed by atoms with Crippen molar-refractivity contribution in [2.75, 3.05) is 4.90 Å². The highest BCUT2D eigenvalue weighted by Gasteiger charge is 2.20. The molecule has 57 heavy (non-hydrogen) atoms. The number of benzene rings is 9. The van der Waals surface area contributed by atoms with Gasteiger partial charge in [0.2, 0.25) is 0 Å². The van der Waals surface area contributed by atoms with Crippen molar-refractivity contribution in [2.45, 2.75) is 0 Å². The van der Waals surface area contributed by atoms with Crippen LogP contribution in [-0.4, -0.2) is 0 Å². The summed E-state index contributed by atoms with van der Waals surface area (Å²) in [7, 11) is 0. The fourth-order valence-electron chi connectivity index (χ4n) is 8.32. The van der Waals surface area contributed by atoms with Crippen molar-refractivity contribution in [3.05, 3.63) is 212 Å². The molecule has 0 saturated heterocycles. The Morgan fingerprint density at radius 1 is 0.281 bits per heavy atom. The zero-order valence-corrected chi connectivity index (χ0v) is 31.0. The van der Waals surface area contributed by atoms with Crippen LogP contribution < -0.4 is 4.90 Å². The van der Waals surface area contributed by atoms with Crippen molar-refractivity contribution in [3.63, 3.8) is 0 Å². The highest BCUT2D eigenvalue weighted by molar-refractivity contribution is 6.17. The van der Waals surface area contributed by atoms with Crippen LogP contribution in [0.1, 0.15) is 0 Å². The number of fused-ring (bicyclic) bond motifs is 6. The van der Waals surface area contributed by atoms with Gasteiger partial charge in [0.05, 0.1) is 0 Å². The maximum atomic E-state index is 6.78. The van der Waals surface area contributed by atoms with Gasteiger partial charge in [-0.3, -0.25) is 0 Å². The van der Waals surface area contributed by atoms with Gasteiger partial charge in [-0.15, -0.1) is 0 Å². The molecule has 0 aliphatic carbocycles. The molecule has 0 bridgehead atoms. The SMILES string of the molecule is c1ccc(-c2ccc(N(c3ccc(-c4ccccc4)cc3)c3cccc(-c4ccc(-c5ccc6c(c5)oc5ccccc56)c5c4oc4ccccc45)c3)cc2)cc1. The molecule has 0 saturated carbocycles. The van der Waals surface area contributed by atoms with Gasteiger partial charge in [0.1, 0.15) is 22.3 Å². The van der Waals surface area contributed by atoms with Crippen molar-refractivity contribution in [1.82, 2.24) is 0 Å². The lowest BCUT2D eigenvalue weighted by molar-refractivity contribution is 0.668. The molecule has 0 N–H and O–H groups in total. The van der Waals surface area contributed by atoms with E-state index in [4.69, 9.17) is 8.83 Å². The van der Waals surface area contributed by atoms with Crippen LogP contribution in [0.2, 0.25) is 0 Å². The molecule has 0 aliphatic rings. The molecule has 9 aromatic carbocycles. The first-order valence-electron chi connectivity index (χ1n) is 19.3. The number of rotatable bonds is 7. The van der Waals surface area contributed by atoms with E-state index in [1.165, 1.54) is 22.3 Å². The van der Waals surface area contributed by atoms with E-state index in [1.54, 1.807) is 0 Å². The molecule has 0 spiro atoms. The van der Waals surface area contributed by atoms with Gasteiger partial charge in [-0.2, -0.15) is 0 Å². The minimum atomic E-state index is 0.862. The van der Waals surface area contributed by atoms with Crippen molar-refractivity contribution in [2.24, 2.45) is 0 Å². The molecule has 0 atom stereocenters. The summed E-state index contributed by atoms with van der Waals surface area (Å²) >= 11 is 0. The molecule has 11 aromatic rings. The zero-order chi connectivity index (χ0) is 37.7. The lowest BCUT2D eigenvalue weighted by atomic mass is 9.94. The van der Waals surface area contributed by atoms with Crippen LogP contribution in [0.25, 0.3) is 88.4 Å². The molecule has 0 radical (unpaired) electrons. The van der Waals surface area contributed by atoms with Gasteiger partial charge in [-0.05, 0) is 106 Å². The van der Waals surface area contributed by atoms with Gasteiger partial charge in [-0.25, -0.2) is 0 Å². The summed E-state index contributed by atoms with van der Waals surface area (Å²) in [5.41, 5.74) is 15.7. The van der Waals surface area contributed by atoms with Crippen molar-refractivity contribution in [3.8, 4) is 44.5 Å². The Balaban J connectivity index is 1.05. The van der Waals surface area contributed by atoms with E-state index in [9.17, 15) is 0 Å². The molecule has 0 fully saturated rings. The van der Waals surface area contributed by atoms with Crippen molar-refractivity contribution >= 4 is 60.9 Å². The van der Waals surface area contributed by atoms with Crippen molar-refractivity contribution in [1.29, 1.82) is 0 Å². The van der Waals surface area contributed by atoms with E-state index in [2.05, 4.69) is 199 Å². The number of para-hydroxylation sites is 2. The van der Waals surface area contributed by atoms with Crippen LogP contribution >= 0.6 is 0 Å². The molecule has 3 heteroatoms. The average Bonchev–Trinajstić information content (AvgIpc) is 3.86. The monoisotopic (exact) mass is 729 g/mol. The number of hydrogen-bond donors (Lipinski definition) is 0. The first-order valence-corrected chi connectivity index (χ1v) is 19.3. The van der Waals surface area contributed by atoms with Crippen LogP contribution in [-0.2, 0) is 0 Å². The molecular formula is C54H35NO2. The molecule has 2 heterocycles. The zero-order valence-electron chi connectivity index (χ0n) is 31.0. The molecule has 268 valence electrons. The normalized spacial score (nSPS) is 11.5. The Bertz CT molecular complexity index is 3130. The van der Waals surface area contributed by atoms with E-state index < -0.39 is 0 Å². The van der Waals surface area contributed by atoms with Gasteiger partial charge in [0.15, 0.2) is 0 Å². The van der Waals surface area contributed by atoms with Crippen LogP contribution in [0.4, 0.5) is 17.1 Å². The van der Waals surface area contributed by atoms with Crippen LogP contribution in [0.15, 0.2) is 221 Å². The molecular weight excluding hydrogens is 695 g/mol. The minimum absolute atomic E-state index is 0.862. The second-order valence-electron chi connectivity index (χ2n) is 14.5. The molecule has 0 amide bonds. The third kappa shape index (κ3) is 5.76. The first kappa shape index (κ1) is 32.8. The Labute approximate surface area is 330 Å². The van der Waals surface area contributed by atoms with Gasteiger partial charge in [0.25, 0.3) is 0 Å². The molecule has 11 rings (SSSR count). The van der Waals surface area contributed by atoms with E-state index in [0.29, 0.717) is 0 Å². The summed E-state index contributed by atoms with van der Waals surface area (Å²) < 4.78 is 13.1. The standard InChI is InChI=1S/C54H35NO2/c1-3-12-36(13-4-1)38-22-27-42(28-23-38)55(43-29-24-39(25-30-43)37-14-5-2-6-15-37)44-17-11-16-40(34-44)46-33-32-45(53-49-19-8-10-21-51(49)57-54(46)53)41-26-31-48-47-18-7-9-20-50(47)56-52(48)35-41/h1-35H. The van der Waals surface area contributed by atoms with Gasteiger partial charge >= 0.3 is 0 Å². The van der Waals surface area contributed by atoms with E-state index in [0.717, 1.165) is 83.2 Å². The molecule has 3 nitrogen and oxygen atoms in total. The Hall–Kier alpha value is -7.62. The fourth-order valence-corrected chi connectivity index (χ4v) is 8.32. The minimum Gasteiger partial charge on any atom is -0.456 e. The Morgan fingerprint density at radius 3 is 1.44 bits per heavy atom. The second-order valence-corrected chi connectivity index (χ2v) is 14.5. The molecule has 2 aromatic heterocycles. The quantitative estimate of drug-likeness (QED) is 0.164. The number of anilines is 3. The summed E-state index contributed by atoms with van der Waals surface area (Å²) in [6, 6.07) is 75.1. The van der Waals surface area contributed by atoms with Crippen LogP contribution in [0.5, 0.6) is 0 Å². The maximum absolute atomic E-state index is 6.78.